The Labute approximate surface area is 87.9 Å². The summed E-state index contributed by atoms with van der Waals surface area (Å²) in [4.78, 5) is 4.14. The molecule has 0 bridgehead atoms. The molecule has 0 aromatic carbocycles. The van der Waals surface area contributed by atoms with E-state index >= 15 is 0 Å². The number of nitrogens with two attached hydrogens (primary N) is 1. The molecule has 0 spiro atoms. The summed E-state index contributed by atoms with van der Waals surface area (Å²) in [7, 11) is 0. The molecular weight excluding hydrogens is 200 g/mol. The van der Waals surface area contributed by atoms with Crippen molar-refractivity contribution in [1.29, 1.82) is 0 Å². The third kappa shape index (κ3) is 3.01. The van der Waals surface area contributed by atoms with Crippen molar-refractivity contribution in [2.75, 3.05) is 6.61 Å². The van der Waals surface area contributed by atoms with E-state index in [9.17, 15) is 0 Å². The fourth-order valence-electron chi connectivity index (χ4n) is 1.04. The van der Waals surface area contributed by atoms with Gasteiger partial charge in [-0.1, -0.05) is 18.7 Å². The van der Waals surface area contributed by atoms with E-state index < -0.39 is 0 Å². The van der Waals surface area contributed by atoms with E-state index in [0.29, 0.717) is 5.22 Å². The topological polar surface area (TPSA) is 72.3 Å². The van der Waals surface area contributed by atoms with Crippen LogP contribution in [-0.4, -0.2) is 28.0 Å². The highest BCUT2D eigenvalue weighted by atomic mass is 32.2. The van der Waals surface area contributed by atoms with E-state index in [1.54, 1.807) is 6.26 Å². The summed E-state index contributed by atoms with van der Waals surface area (Å²) < 4.78 is 5.18. The summed E-state index contributed by atoms with van der Waals surface area (Å²) in [6.07, 6.45) is 2.42. The summed E-state index contributed by atoms with van der Waals surface area (Å²) in [5, 5.41) is 9.66. The number of aryl methyl sites for hydroxylation is 1. The molecule has 0 fully saturated rings. The van der Waals surface area contributed by atoms with Crippen LogP contribution in [0, 0.1) is 6.92 Å². The van der Waals surface area contributed by atoms with Gasteiger partial charge < -0.3 is 15.3 Å². The van der Waals surface area contributed by atoms with Gasteiger partial charge in [-0.2, -0.15) is 0 Å². The minimum absolute atomic E-state index is 0.0304. The first-order valence-corrected chi connectivity index (χ1v) is 5.50. The van der Waals surface area contributed by atoms with Crippen LogP contribution in [0.3, 0.4) is 0 Å². The molecule has 1 aromatic rings. The summed E-state index contributed by atoms with van der Waals surface area (Å²) in [5.41, 5.74) is 6.67. The molecule has 0 saturated heterocycles. The van der Waals surface area contributed by atoms with Gasteiger partial charge in [-0.15, -0.1) is 0 Å². The summed E-state index contributed by atoms with van der Waals surface area (Å²) >= 11 is 1.39. The van der Waals surface area contributed by atoms with Crippen molar-refractivity contribution in [3.05, 3.63) is 12.0 Å². The zero-order chi connectivity index (χ0) is 10.6. The smallest absolute Gasteiger partial charge is 0.256 e. The van der Waals surface area contributed by atoms with Crippen molar-refractivity contribution in [1.82, 2.24) is 4.98 Å². The first-order valence-electron chi connectivity index (χ1n) is 4.62. The Hall–Kier alpha value is -0.520. The number of thioether (sulfide) groups is 1. The van der Waals surface area contributed by atoms with Crippen LogP contribution in [0.1, 0.15) is 19.0 Å². The van der Waals surface area contributed by atoms with E-state index in [1.165, 1.54) is 11.8 Å². The van der Waals surface area contributed by atoms with Crippen LogP contribution in [0.15, 0.2) is 15.9 Å². The predicted octanol–water partition coefficient (Wildman–Crippen LogP) is 1.17. The number of hydrogen-bond donors (Lipinski definition) is 2. The normalized spacial score (nSPS) is 15.4. The molecule has 0 aliphatic rings. The van der Waals surface area contributed by atoms with E-state index in [-0.39, 0.29) is 17.9 Å². The molecular formula is C9H16N2O2S. The molecule has 0 aliphatic carbocycles. The fourth-order valence-corrected chi connectivity index (χ4v) is 2.04. The zero-order valence-corrected chi connectivity index (χ0v) is 9.25. The molecule has 80 valence electrons. The number of aliphatic hydroxyl groups is 1. The summed E-state index contributed by atoms with van der Waals surface area (Å²) in [5.74, 6) is 0. The average molecular weight is 216 g/mol. The first-order chi connectivity index (χ1) is 6.67. The number of hydrogen-bond acceptors (Lipinski definition) is 5. The molecule has 0 aliphatic heterocycles. The monoisotopic (exact) mass is 216 g/mol. The van der Waals surface area contributed by atoms with Gasteiger partial charge in [0, 0.05) is 6.04 Å². The lowest BCUT2D eigenvalue weighted by molar-refractivity contribution is 0.280. The van der Waals surface area contributed by atoms with Gasteiger partial charge in [-0.25, -0.2) is 4.98 Å². The molecule has 2 atom stereocenters. The second-order valence-electron chi connectivity index (χ2n) is 3.17. The Balaban J connectivity index is 2.56. The van der Waals surface area contributed by atoms with Gasteiger partial charge in [-0.05, 0) is 13.3 Å². The standard InChI is InChI=1S/C9H16N2O2S/c1-3-7(10)8(4-12)14-9-11-6(2)5-13-9/h5,7-8,12H,3-4,10H2,1-2H3. The second-order valence-corrected chi connectivity index (χ2v) is 4.36. The Morgan fingerprint density at radius 3 is 2.86 bits per heavy atom. The predicted molar refractivity (Wildman–Crippen MR) is 56.2 cm³/mol. The van der Waals surface area contributed by atoms with Crippen molar-refractivity contribution < 1.29 is 9.52 Å². The van der Waals surface area contributed by atoms with E-state index in [1.807, 2.05) is 13.8 Å². The van der Waals surface area contributed by atoms with Crippen molar-refractivity contribution in [3.8, 4) is 0 Å². The van der Waals surface area contributed by atoms with Crippen LogP contribution in [0.5, 0.6) is 0 Å². The van der Waals surface area contributed by atoms with Crippen molar-refractivity contribution >= 4 is 11.8 Å². The van der Waals surface area contributed by atoms with Crippen molar-refractivity contribution in [2.24, 2.45) is 5.73 Å². The van der Waals surface area contributed by atoms with Crippen LogP contribution in [0.4, 0.5) is 0 Å². The summed E-state index contributed by atoms with van der Waals surface area (Å²) in [6.45, 7) is 3.90. The highest BCUT2D eigenvalue weighted by Gasteiger charge is 2.19. The van der Waals surface area contributed by atoms with Gasteiger partial charge >= 0.3 is 0 Å². The van der Waals surface area contributed by atoms with Crippen LogP contribution >= 0.6 is 11.8 Å². The molecule has 1 aromatic heterocycles. The van der Waals surface area contributed by atoms with E-state index in [2.05, 4.69) is 4.98 Å². The number of oxazole rings is 1. The molecule has 4 nitrogen and oxygen atoms in total. The lowest BCUT2D eigenvalue weighted by Crippen LogP contribution is -2.34. The van der Waals surface area contributed by atoms with Gasteiger partial charge in [0.05, 0.1) is 17.6 Å². The van der Waals surface area contributed by atoms with E-state index in [4.69, 9.17) is 15.3 Å². The maximum atomic E-state index is 9.13. The van der Waals surface area contributed by atoms with Gasteiger partial charge in [0.1, 0.15) is 6.26 Å². The molecule has 14 heavy (non-hydrogen) atoms. The Morgan fingerprint density at radius 2 is 2.43 bits per heavy atom. The van der Waals surface area contributed by atoms with Crippen molar-refractivity contribution in [2.45, 2.75) is 36.8 Å². The van der Waals surface area contributed by atoms with Crippen molar-refractivity contribution in [3.63, 3.8) is 0 Å². The Kier molecular flexibility index (Phi) is 4.44. The molecule has 0 amide bonds. The lowest BCUT2D eigenvalue weighted by Gasteiger charge is -2.17. The van der Waals surface area contributed by atoms with Gasteiger partial charge in [0.25, 0.3) is 5.22 Å². The second kappa shape index (κ2) is 5.38. The maximum absolute atomic E-state index is 9.13. The van der Waals surface area contributed by atoms with Crippen LogP contribution < -0.4 is 5.73 Å². The number of aromatic nitrogens is 1. The third-order valence-corrected chi connectivity index (χ3v) is 3.17. The first kappa shape index (κ1) is 11.6. The molecule has 2 unspecified atom stereocenters. The Bertz CT molecular complexity index is 278. The van der Waals surface area contributed by atoms with Crippen LogP contribution in [0.2, 0.25) is 0 Å². The molecule has 5 heteroatoms. The minimum atomic E-state index is -0.0435. The highest BCUT2D eigenvalue weighted by Crippen LogP contribution is 2.24. The largest absolute Gasteiger partial charge is 0.440 e. The minimum Gasteiger partial charge on any atom is -0.440 e. The molecule has 1 heterocycles. The van der Waals surface area contributed by atoms with Gasteiger partial charge in [-0.3, -0.25) is 0 Å². The molecule has 0 radical (unpaired) electrons. The number of rotatable bonds is 5. The number of nitrogens with zero attached hydrogens (tertiary/aromatic N) is 1. The van der Waals surface area contributed by atoms with Gasteiger partial charge in [0.15, 0.2) is 0 Å². The Morgan fingerprint density at radius 1 is 1.71 bits per heavy atom. The number of aliphatic hydroxyl groups excluding tert-OH is 1. The lowest BCUT2D eigenvalue weighted by atomic mass is 10.2. The maximum Gasteiger partial charge on any atom is 0.256 e. The SMILES string of the molecule is CCC(N)C(CO)Sc1nc(C)co1. The quantitative estimate of drug-likeness (QED) is 0.723. The highest BCUT2D eigenvalue weighted by molar-refractivity contribution is 7.99. The zero-order valence-electron chi connectivity index (χ0n) is 8.43. The summed E-state index contributed by atoms with van der Waals surface area (Å²) in [6, 6.07) is -0.0304. The van der Waals surface area contributed by atoms with Crippen LogP contribution in [-0.2, 0) is 0 Å². The molecule has 1 rings (SSSR count). The van der Waals surface area contributed by atoms with Crippen LogP contribution in [0.25, 0.3) is 0 Å². The van der Waals surface area contributed by atoms with E-state index in [0.717, 1.165) is 12.1 Å². The van der Waals surface area contributed by atoms with Gasteiger partial charge in [0.2, 0.25) is 0 Å². The molecule has 0 saturated carbocycles. The molecule has 3 N–H and O–H groups in total. The third-order valence-electron chi connectivity index (χ3n) is 1.98. The fraction of sp³-hybridized carbons (Fsp3) is 0.667. The average Bonchev–Trinajstić information content (AvgIpc) is 2.59.